The summed E-state index contributed by atoms with van der Waals surface area (Å²) in [6, 6.07) is 5.11. The maximum Gasteiger partial charge on any atom is 0.357 e. The lowest BCUT2D eigenvalue weighted by atomic mass is 10.3. The maximum absolute atomic E-state index is 11.5. The van der Waals surface area contributed by atoms with Crippen molar-refractivity contribution in [3.8, 4) is 10.7 Å². The van der Waals surface area contributed by atoms with E-state index in [-0.39, 0.29) is 5.69 Å². The summed E-state index contributed by atoms with van der Waals surface area (Å²) < 4.78 is 5.53. The van der Waals surface area contributed by atoms with Gasteiger partial charge in [-0.2, -0.15) is 0 Å². The number of rotatable bonds is 3. The lowest BCUT2D eigenvalue weighted by Crippen LogP contribution is -2.07. The van der Waals surface area contributed by atoms with Crippen LogP contribution < -0.4 is 0 Å². The largest absolute Gasteiger partial charge is 0.461 e. The van der Waals surface area contributed by atoms with E-state index in [9.17, 15) is 4.79 Å². The highest BCUT2D eigenvalue weighted by Gasteiger charge is 2.11. The number of ether oxygens (including phenoxy) is 1. The van der Waals surface area contributed by atoms with Crippen LogP contribution in [0.15, 0.2) is 24.4 Å². The Bertz CT molecular complexity index is 542. The van der Waals surface area contributed by atoms with E-state index in [0.29, 0.717) is 16.8 Å². The quantitative estimate of drug-likeness (QED) is 0.803. The SMILES string of the molecule is CCOC(=O)c1ccnc(-c2ccc(Cl)s2)n1. The van der Waals surface area contributed by atoms with Gasteiger partial charge in [-0.25, -0.2) is 14.8 Å². The fraction of sp³-hybridized carbons (Fsp3) is 0.182. The van der Waals surface area contributed by atoms with Crippen molar-refractivity contribution in [1.29, 1.82) is 0 Å². The zero-order chi connectivity index (χ0) is 12.3. The topological polar surface area (TPSA) is 52.1 Å². The molecule has 0 amide bonds. The molecule has 0 spiro atoms. The molecule has 0 radical (unpaired) electrons. The highest BCUT2D eigenvalue weighted by Crippen LogP contribution is 2.28. The minimum atomic E-state index is -0.446. The summed E-state index contributed by atoms with van der Waals surface area (Å²) in [5.74, 6) is 0.0336. The molecule has 0 atom stereocenters. The van der Waals surface area contributed by atoms with E-state index in [0.717, 1.165) is 4.88 Å². The summed E-state index contributed by atoms with van der Waals surface area (Å²) in [4.78, 5) is 20.6. The molecular formula is C11H9ClN2O2S. The van der Waals surface area contributed by atoms with E-state index in [1.54, 1.807) is 13.0 Å². The highest BCUT2D eigenvalue weighted by molar-refractivity contribution is 7.19. The smallest absolute Gasteiger partial charge is 0.357 e. The van der Waals surface area contributed by atoms with Crippen molar-refractivity contribution >= 4 is 28.9 Å². The summed E-state index contributed by atoms with van der Waals surface area (Å²) in [6.45, 7) is 2.07. The second-order valence-electron chi connectivity index (χ2n) is 3.09. The summed E-state index contributed by atoms with van der Waals surface area (Å²) in [5.41, 5.74) is 0.251. The molecule has 0 aromatic carbocycles. The monoisotopic (exact) mass is 268 g/mol. The number of hydrogen-bond acceptors (Lipinski definition) is 5. The first-order valence-electron chi connectivity index (χ1n) is 4.96. The van der Waals surface area contributed by atoms with Crippen LogP contribution in [0.4, 0.5) is 0 Å². The van der Waals surface area contributed by atoms with Gasteiger partial charge in [-0.1, -0.05) is 11.6 Å². The molecule has 0 N–H and O–H groups in total. The van der Waals surface area contributed by atoms with Crippen molar-refractivity contribution in [2.45, 2.75) is 6.92 Å². The van der Waals surface area contributed by atoms with Gasteiger partial charge in [0.1, 0.15) is 0 Å². The molecule has 88 valence electrons. The molecule has 2 heterocycles. The number of carbonyl (C=O) groups is 1. The lowest BCUT2D eigenvalue weighted by Gasteiger charge is -2.01. The predicted octanol–water partition coefficient (Wildman–Crippen LogP) is 3.04. The van der Waals surface area contributed by atoms with Gasteiger partial charge >= 0.3 is 5.97 Å². The number of nitrogens with zero attached hydrogens (tertiary/aromatic N) is 2. The van der Waals surface area contributed by atoms with Gasteiger partial charge in [0.15, 0.2) is 11.5 Å². The number of thiophene rings is 1. The predicted molar refractivity (Wildman–Crippen MR) is 66.3 cm³/mol. The zero-order valence-electron chi connectivity index (χ0n) is 9.01. The van der Waals surface area contributed by atoms with Crippen LogP contribution in [0.5, 0.6) is 0 Å². The van der Waals surface area contributed by atoms with Crippen molar-refractivity contribution in [2.75, 3.05) is 6.61 Å². The Balaban J connectivity index is 2.31. The van der Waals surface area contributed by atoms with Gasteiger partial charge in [0, 0.05) is 6.20 Å². The third-order valence-electron chi connectivity index (χ3n) is 1.93. The van der Waals surface area contributed by atoms with E-state index >= 15 is 0 Å². The van der Waals surface area contributed by atoms with Crippen molar-refractivity contribution in [1.82, 2.24) is 9.97 Å². The molecule has 17 heavy (non-hydrogen) atoms. The zero-order valence-corrected chi connectivity index (χ0v) is 10.6. The van der Waals surface area contributed by atoms with E-state index in [1.807, 2.05) is 6.07 Å². The molecule has 0 bridgehead atoms. The molecule has 0 saturated heterocycles. The molecule has 2 aromatic heterocycles. The first-order valence-corrected chi connectivity index (χ1v) is 6.16. The maximum atomic E-state index is 11.5. The molecule has 0 unspecified atom stereocenters. The van der Waals surface area contributed by atoms with Crippen LogP contribution >= 0.6 is 22.9 Å². The van der Waals surface area contributed by atoms with Crippen molar-refractivity contribution in [3.05, 3.63) is 34.4 Å². The second kappa shape index (κ2) is 5.25. The third-order valence-corrected chi connectivity index (χ3v) is 3.16. The molecule has 0 saturated carbocycles. The Labute approximate surface area is 107 Å². The average molecular weight is 269 g/mol. The molecule has 2 aromatic rings. The number of aromatic nitrogens is 2. The Hall–Kier alpha value is -1.46. The lowest BCUT2D eigenvalue weighted by molar-refractivity contribution is 0.0519. The first kappa shape index (κ1) is 12.0. The van der Waals surface area contributed by atoms with Gasteiger partial charge in [0.25, 0.3) is 0 Å². The fourth-order valence-electron chi connectivity index (χ4n) is 1.23. The van der Waals surface area contributed by atoms with Gasteiger partial charge < -0.3 is 4.74 Å². The summed E-state index contributed by atoms with van der Waals surface area (Å²) in [7, 11) is 0. The fourth-order valence-corrected chi connectivity index (χ4v) is 2.21. The molecule has 4 nitrogen and oxygen atoms in total. The highest BCUT2D eigenvalue weighted by atomic mass is 35.5. The van der Waals surface area contributed by atoms with Gasteiger partial charge in [-0.05, 0) is 25.1 Å². The third kappa shape index (κ3) is 2.81. The molecule has 6 heteroatoms. The molecule has 0 aliphatic rings. The van der Waals surface area contributed by atoms with E-state index in [4.69, 9.17) is 16.3 Å². The Kier molecular flexibility index (Phi) is 3.71. The Morgan fingerprint density at radius 1 is 1.47 bits per heavy atom. The van der Waals surface area contributed by atoms with Crippen molar-refractivity contribution < 1.29 is 9.53 Å². The van der Waals surface area contributed by atoms with Gasteiger partial charge in [-0.15, -0.1) is 11.3 Å². The van der Waals surface area contributed by atoms with Crippen molar-refractivity contribution in [2.24, 2.45) is 0 Å². The van der Waals surface area contributed by atoms with Crippen LogP contribution in [-0.2, 0) is 4.74 Å². The molecule has 0 fully saturated rings. The molecule has 2 rings (SSSR count). The first-order chi connectivity index (χ1) is 8.20. The second-order valence-corrected chi connectivity index (χ2v) is 4.80. The normalized spacial score (nSPS) is 10.2. The summed E-state index contributed by atoms with van der Waals surface area (Å²) in [5, 5.41) is 0. The van der Waals surface area contributed by atoms with Gasteiger partial charge in [-0.3, -0.25) is 0 Å². The summed E-state index contributed by atoms with van der Waals surface area (Å²) >= 11 is 7.20. The average Bonchev–Trinajstić information content (AvgIpc) is 2.76. The minimum absolute atomic E-state index is 0.251. The van der Waals surface area contributed by atoms with Crippen LogP contribution in [0.1, 0.15) is 17.4 Å². The van der Waals surface area contributed by atoms with E-state index in [1.165, 1.54) is 23.6 Å². The van der Waals surface area contributed by atoms with Crippen LogP contribution in [-0.4, -0.2) is 22.5 Å². The Morgan fingerprint density at radius 3 is 2.94 bits per heavy atom. The van der Waals surface area contributed by atoms with Crippen LogP contribution in [0.25, 0.3) is 10.7 Å². The number of carbonyl (C=O) groups excluding carboxylic acids is 1. The summed E-state index contributed by atoms with van der Waals surface area (Å²) in [6.07, 6.45) is 1.53. The Morgan fingerprint density at radius 2 is 2.29 bits per heavy atom. The molecule has 0 aliphatic carbocycles. The van der Waals surface area contributed by atoms with E-state index in [2.05, 4.69) is 9.97 Å². The van der Waals surface area contributed by atoms with E-state index < -0.39 is 5.97 Å². The van der Waals surface area contributed by atoms with Crippen LogP contribution in [0.2, 0.25) is 4.34 Å². The number of esters is 1. The number of hydrogen-bond donors (Lipinski definition) is 0. The number of halogens is 1. The van der Waals surface area contributed by atoms with Gasteiger partial charge in [0.2, 0.25) is 0 Å². The molecule has 0 aliphatic heterocycles. The van der Waals surface area contributed by atoms with Crippen LogP contribution in [0, 0.1) is 0 Å². The standard InChI is InChI=1S/C11H9ClN2O2S/c1-2-16-11(15)7-5-6-13-10(14-7)8-3-4-9(12)17-8/h3-6H,2H2,1H3. The minimum Gasteiger partial charge on any atom is -0.461 e. The van der Waals surface area contributed by atoms with Crippen LogP contribution in [0.3, 0.4) is 0 Å². The van der Waals surface area contributed by atoms with Crippen molar-refractivity contribution in [3.63, 3.8) is 0 Å². The van der Waals surface area contributed by atoms with Gasteiger partial charge in [0.05, 0.1) is 15.8 Å². The molecular weight excluding hydrogens is 260 g/mol.